The van der Waals surface area contributed by atoms with Gasteiger partial charge in [-0.3, -0.25) is 0 Å². The molecule has 12 aromatic carbocycles. The quantitative estimate of drug-likeness (QED) is 0.148. The van der Waals surface area contributed by atoms with Gasteiger partial charge in [0.25, 0.3) is 0 Å². The van der Waals surface area contributed by atoms with Gasteiger partial charge in [0.15, 0.2) is 0 Å². The summed E-state index contributed by atoms with van der Waals surface area (Å²) in [5, 5.41) is 12.8. The largest absolute Gasteiger partial charge is 0.0622 e. The molecule has 0 aromatic heterocycles. The standard InChI is InChI=1S/C60H38/c1-3-9-39(10-4-1)49-27-25-41-13-7-15-51(57(41)37-49)43-17-21-45(22-18-43)53-33-29-47-32-36-56-54(34-30-48-31-35-55(53)59(47)60(48)56)46-23-19-44(20-24-46)52-16-8-14-42-26-28-50(38-58(42)52)40-11-5-2-6-12-40/h1-38H. The lowest BCUT2D eigenvalue weighted by Gasteiger charge is -2.17. The van der Waals surface area contributed by atoms with Crippen LogP contribution in [0.5, 0.6) is 0 Å². The van der Waals surface area contributed by atoms with Crippen molar-refractivity contribution < 1.29 is 0 Å². The first-order valence-electron chi connectivity index (χ1n) is 20.8. The van der Waals surface area contributed by atoms with Crippen LogP contribution in [0.1, 0.15) is 0 Å². The summed E-state index contributed by atoms with van der Waals surface area (Å²) in [4.78, 5) is 0. The van der Waals surface area contributed by atoms with E-state index in [1.165, 1.54) is 121 Å². The molecule has 0 bridgehead atoms. The van der Waals surface area contributed by atoms with Crippen molar-refractivity contribution in [1.82, 2.24) is 0 Å². The molecule has 0 nitrogen and oxygen atoms in total. The zero-order valence-electron chi connectivity index (χ0n) is 32.9. The molecule has 0 radical (unpaired) electrons. The molecule has 12 rings (SSSR count). The minimum absolute atomic E-state index is 1.22. The maximum Gasteiger partial charge on any atom is -0.00203 e. The van der Waals surface area contributed by atoms with Gasteiger partial charge in [-0.25, -0.2) is 0 Å². The van der Waals surface area contributed by atoms with Crippen LogP contribution in [0, 0.1) is 0 Å². The molecular formula is C60H38. The topological polar surface area (TPSA) is 0 Å². The van der Waals surface area contributed by atoms with Gasteiger partial charge in [0.2, 0.25) is 0 Å². The van der Waals surface area contributed by atoms with E-state index in [1.54, 1.807) is 0 Å². The van der Waals surface area contributed by atoms with Crippen LogP contribution >= 0.6 is 0 Å². The Hall–Kier alpha value is -7.80. The van der Waals surface area contributed by atoms with E-state index >= 15 is 0 Å². The van der Waals surface area contributed by atoms with Gasteiger partial charge in [-0.15, -0.1) is 0 Å². The Morgan fingerprint density at radius 2 is 0.500 bits per heavy atom. The maximum absolute atomic E-state index is 2.34. The van der Waals surface area contributed by atoms with Gasteiger partial charge in [0, 0.05) is 0 Å². The first-order chi connectivity index (χ1) is 29.7. The van der Waals surface area contributed by atoms with Crippen molar-refractivity contribution in [2.45, 2.75) is 0 Å². The average molecular weight is 759 g/mol. The van der Waals surface area contributed by atoms with Gasteiger partial charge >= 0.3 is 0 Å². The van der Waals surface area contributed by atoms with Crippen LogP contribution in [0.15, 0.2) is 231 Å². The van der Waals surface area contributed by atoms with Crippen LogP contribution in [0.25, 0.3) is 121 Å². The third-order valence-electron chi connectivity index (χ3n) is 12.7. The van der Waals surface area contributed by atoms with E-state index in [4.69, 9.17) is 0 Å². The van der Waals surface area contributed by atoms with Crippen molar-refractivity contribution in [3.63, 3.8) is 0 Å². The Kier molecular flexibility index (Phi) is 7.96. The molecule has 0 saturated carbocycles. The van der Waals surface area contributed by atoms with E-state index in [9.17, 15) is 0 Å². The fraction of sp³-hybridized carbons (Fsp3) is 0. The predicted molar refractivity (Wildman–Crippen MR) is 258 cm³/mol. The van der Waals surface area contributed by atoms with E-state index in [0.717, 1.165) is 0 Å². The Balaban J connectivity index is 0.914. The second kappa shape index (κ2) is 13.9. The highest BCUT2D eigenvalue weighted by Gasteiger charge is 2.16. The molecule has 0 aliphatic carbocycles. The molecule has 0 fully saturated rings. The summed E-state index contributed by atoms with van der Waals surface area (Å²) in [6.07, 6.45) is 0. The Bertz CT molecular complexity index is 3300. The molecular weight excluding hydrogens is 721 g/mol. The molecule has 12 aromatic rings. The Labute approximate surface area is 349 Å². The molecule has 0 aliphatic rings. The molecule has 0 saturated heterocycles. The molecule has 0 N–H and O–H groups in total. The fourth-order valence-corrected chi connectivity index (χ4v) is 9.63. The predicted octanol–water partition coefficient (Wildman–Crippen LogP) is 16.9. The van der Waals surface area contributed by atoms with Crippen LogP contribution in [0.3, 0.4) is 0 Å². The fourth-order valence-electron chi connectivity index (χ4n) is 9.63. The lowest BCUT2D eigenvalue weighted by Crippen LogP contribution is -1.90. The molecule has 0 heterocycles. The summed E-state index contributed by atoms with van der Waals surface area (Å²) in [5.41, 5.74) is 14.9. The lowest BCUT2D eigenvalue weighted by molar-refractivity contribution is 1.61. The third kappa shape index (κ3) is 5.69. The van der Waals surface area contributed by atoms with E-state index < -0.39 is 0 Å². The van der Waals surface area contributed by atoms with Crippen LogP contribution < -0.4 is 0 Å². The van der Waals surface area contributed by atoms with E-state index in [-0.39, 0.29) is 0 Å². The number of rotatable bonds is 6. The average Bonchev–Trinajstić information content (AvgIpc) is 3.33. The van der Waals surface area contributed by atoms with Crippen LogP contribution in [-0.4, -0.2) is 0 Å². The highest BCUT2D eigenvalue weighted by atomic mass is 14.2. The van der Waals surface area contributed by atoms with Crippen molar-refractivity contribution in [2.24, 2.45) is 0 Å². The first kappa shape index (κ1) is 34.3. The van der Waals surface area contributed by atoms with Crippen molar-refractivity contribution >= 4 is 53.9 Å². The van der Waals surface area contributed by atoms with Gasteiger partial charge in [0.05, 0.1) is 0 Å². The molecule has 0 spiro atoms. The molecule has 0 unspecified atom stereocenters. The number of fused-ring (bicyclic) bond motifs is 2. The highest BCUT2D eigenvalue weighted by Crippen LogP contribution is 2.43. The molecule has 278 valence electrons. The summed E-state index contributed by atoms with van der Waals surface area (Å²) in [6.45, 7) is 0. The Morgan fingerprint density at radius 3 is 0.900 bits per heavy atom. The van der Waals surface area contributed by atoms with Crippen molar-refractivity contribution in [1.29, 1.82) is 0 Å². The van der Waals surface area contributed by atoms with Crippen LogP contribution in [-0.2, 0) is 0 Å². The summed E-state index contributed by atoms with van der Waals surface area (Å²) >= 11 is 0. The first-order valence-corrected chi connectivity index (χ1v) is 20.8. The lowest BCUT2D eigenvalue weighted by atomic mass is 9.86. The highest BCUT2D eigenvalue weighted by molar-refractivity contribution is 6.27. The number of hydrogen-bond donors (Lipinski definition) is 0. The monoisotopic (exact) mass is 758 g/mol. The van der Waals surface area contributed by atoms with E-state index in [1.807, 2.05) is 0 Å². The molecule has 0 atom stereocenters. The van der Waals surface area contributed by atoms with Crippen LogP contribution in [0.4, 0.5) is 0 Å². The zero-order valence-corrected chi connectivity index (χ0v) is 32.9. The summed E-state index contributed by atoms with van der Waals surface area (Å²) in [6, 6.07) is 85.0. The Morgan fingerprint density at radius 1 is 0.167 bits per heavy atom. The van der Waals surface area contributed by atoms with E-state index in [0.29, 0.717) is 0 Å². The second-order valence-corrected chi connectivity index (χ2v) is 16.0. The van der Waals surface area contributed by atoms with Gasteiger partial charge in [-0.1, -0.05) is 218 Å². The minimum Gasteiger partial charge on any atom is -0.0622 e. The van der Waals surface area contributed by atoms with Gasteiger partial charge in [0.1, 0.15) is 0 Å². The maximum atomic E-state index is 2.34. The van der Waals surface area contributed by atoms with Gasteiger partial charge < -0.3 is 0 Å². The zero-order chi connectivity index (χ0) is 39.6. The smallest absolute Gasteiger partial charge is 0.00203 e. The SMILES string of the molecule is c1ccc(-c2ccc3cccc(-c4ccc(-c5ccc6ccc7c(-c8ccc(-c9cccc%10ccc(-c%11ccccc%11)cc9%10)cc8)ccc8ccc5c6c87)cc4)c3c2)cc1. The molecule has 0 aliphatic heterocycles. The summed E-state index contributed by atoms with van der Waals surface area (Å²) < 4.78 is 0. The van der Waals surface area contributed by atoms with Gasteiger partial charge in [-0.05, 0) is 133 Å². The minimum atomic E-state index is 1.22. The normalized spacial score (nSPS) is 11.7. The van der Waals surface area contributed by atoms with Crippen molar-refractivity contribution in [3.05, 3.63) is 231 Å². The third-order valence-corrected chi connectivity index (χ3v) is 12.7. The number of benzene rings is 12. The van der Waals surface area contributed by atoms with Crippen molar-refractivity contribution in [3.8, 4) is 66.8 Å². The molecule has 0 heteroatoms. The summed E-state index contributed by atoms with van der Waals surface area (Å²) in [5.74, 6) is 0. The van der Waals surface area contributed by atoms with Crippen LogP contribution in [0.2, 0.25) is 0 Å². The number of hydrogen-bond acceptors (Lipinski definition) is 0. The second-order valence-electron chi connectivity index (χ2n) is 16.0. The molecule has 0 amide bonds. The summed E-state index contributed by atoms with van der Waals surface area (Å²) in [7, 11) is 0. The van der Waals surface area contributed by atoms with E-state index in [2.05, 4.69) is 231 Å². The molecule has 60 heavy (non-hydrogen) atoms. The van der Waals surface area contributed by atoms with Crippen molar-refractivity contribution in [2.75, 3.05) is 0 Å². The van der Waals surface area contributed by atoms with Gasteiger partial charge in [-0.2, -0.15) is 0 Å².